The molecule has 0 bridgehead atoms. The maximum Gasteiger partial charge on any atom is 0.165 e. The van der Waals surface area contributed by atoms with E-state index in [0.717, 1.165) is 0 Å². The van der Waals surface area contributed by atoms with E-state index in [1.54, 1.807) is 10.8 Å². The van der Waals surface area contributed by atoms with E-state index in [-0.39, 0.29) is 6.10 Å². The van der Waals surface area contributed by atoms with Crippen LogP contribution in [-0.4, -0.2) is 48.0 Å². The van der Waals surface area contributed by atoms with Gasteiger partial charge in [-0.15, -0.1) is 0 Å². The number of hydrogen-bond donors (Lipinski definition) is 2. The van der Waals surface area contributed by atoms with Crippen molar-refractivity contribution in [2.45, 2.75) is 37.9 Å². The number of aliphatic hydroxyl groups is 2. The molecule has 18 heavy (non-hydrogen) atoms. The summed E-state index contributed by atoms with van der Waals surface area (Å²) >= 11 is 0. The first-order valence-electron chi connectivity index (χ1n) is 5.86. The van der Waals surface area contributed by atoms with Crippen LogP contribution in [0.25, 0.3) is 11.2 Å². The number of fused-ring (bicyclic) bond motifs is 1. The standard InChI is InChI=1S/C11H14N4O3/c1-2-7-8(16)9(17)11(18-7)15-5-14-6-3-12-4-13-10(6)15/h3-5,7-9,11,16-17H,2H2,1H3/t7-,8-,9-,11-/m1/s1. The Morgan fingerprint density at radius 3 is 2.89 bits per heavy atom. The monoisotopic (exact) mass is 250 g/mol. The maximum atomic E-state index is 10.0. The molecule has 0 spiro atoms. The molecule has 96 valence electrons. The molecule has 1 fully saturated rings. The summed E-state index contributed by atoms with van der Waals surface area (Å²) in [6.07, 6.45) is 2.27. The molecule has 2 aromatic rings. The van der Waals surface area contributed by atoms with Gasteiger partial charge in [-0.1, -0.05) is 6.92 Å². The maximum absolute atomic E-state index is 10.0. The van der Waals surface area contributed by atoms with Crippen molar-refractivity contribution < 1.29 is 14.9 Å². The lowest BCUT2D eigenvalue weighted by atomic mass is 10.1. The number of aliphatic hydroxyl groups excluding tert-OH is 2. The molecule has 1 aliphatic rings. The minimum absolute atomic E-state index is 0.371. The van der Waals surface area contributed by atoms with Crippen molar-refractivity contribution in [1.82, 2.24) is 19.5 Å². The van der Waals surface area contributed by atoms with Gasteiger partial charge in [-0.05, 0) is 6.42 Å². The molecule has 0 radical (unpaired) electrons. The van der Waals surface area contributed by atoms with Gasteiger partial charge in [0, 0.05) is 0 Å². The lowest BCUT2D eigenvalue weighted by Gasteiger charge is -2.16. The van der Waals surface area contributed by atoms with E-state index in [1.807, 2.05) is 6.92 Å². The summed E-state index contributed by atoms with van der Waals surface area (Å²) in [5, 5.41) is 19.9. The predicted octanol–water partition coefficient (Wildman–Crippen LogP) is -0.145. The summed E-state index contributed by atoms with van der Waals surface area (Å²) in [6, 6.07) is 0. The summed E-state index contributed by atoms with van der Waals surface area (Å²) < 4.78 is 7.28. The van der Waals surface area contributed by atoms with Crippen LogP contribution in [0.2, 0.25) is 0 Å². The molecule has 4 atom stereocenters. The van der Waals surface area contributed by atoms with Gasteiger partial charge in [-0.3, -0.25) is 4.57 Å². The smallest absolute Gasteiger partial charge is 0.165 e. The summed E-state index contributed by atoms with van der Waals surface area (Å²) in [7, 11) is 0. The SMILES string of the molecule is CC[C@H]1O[C@@H](n2cnc3cncnc32)[C@H](O)[C@@H]1O. The number of ether oxygens (including phenoxy) is 1. The second-order valence-corrected chi connectivity index (χ2v) is 4.34. The highest BCUT2D eigenvalue weighted by Gasteiger charge is 2.43. The van der Waals surface area contributed by atoms with Gasteiger partial charge >= 0.3 is 0 Å². The molecule has 3 heterocycles. The zero-order chi connectivity index (χ0) is 12.7. The fourth-order valence-corrected chi connectivity index (χ4v) is 2.27. The van der Waals surface area contributed by atoms with Crippen molar-refractivity contribution in [3.63, 3.8) is 0 Å². The molecule has 0 aromatic carbocycles. The fraction of sp³-hybridized carbons (Fsp3) is 0.545. The molecule has 0 amide bonds. The summed E-state index contributed by atoms with van der Waals surface area (Å²) in [4.78, 5) is 12.1. The summed E-state index contributed by atoms with van der Waals surface area (Å²) in [5.41, 5.74) is 1.21. The second-order valence-electron chi connectivity index (χ2n) is 4.34. The Morgan fingerprint density at radius 2 is 2.17 bits per heavy atom. The van der Waals surface area contributed by atoms with Crippen molar-refractivity contribution in [1.29, 1.82) is 0 Å². The molecular formula is C11H14N4O3. The van der Waals surface area contributed by atoms with Crippen LogP contribution in [0.15, 0.2) is 18.9 Å². The Labute approximate surface area is 103 Å². The molecule has 2 aromatic heterocycles. The molecule has 0 saturated carbocycles. The molecule has 2 N–H and O–H groups in total. The molecule has 0 aliphatic carbocycles. The van der Waals surface area contributed by atoms with Gasteiger partial charge in [0.05, 0.1) is 18.6 Å². The summed E-state index contributed by atoms with van der Waals surface area (Å²) in [5.74, 6) is 0. The van der Waals surface area contributed by atoms with Crippen molar-refractivity contribution in [2.75, 3.05) is 0 Å². The van der Waals surface area contributed by atoms with Crippen molar-refractivity contribution >= 4 is 11.2 Å². The van der Waals surface area contributed by atoms with Crippen LogP contribution in [0, 0.1) is 0 Å². The number of rotatable bonds is 2. The second kappa shape index (κ2) is 4.27. The third kappa shape index (κ3) is 1.59. The van der Waals surface area contributed by atoms with Crippen LogP contribution in [-0.2, 0) is 4.74 Å². The average molecular weight is 250 g/mol. The highest BCUT2D eigenvalue weighted by molar-refractivity contribution is 5.68. The zero-order valence-electron chi connectivity index (χ0n) is 9.84. The quantitative estimate of drug-likeness (QED) is 0.770. The van der Waals surface area contributed by atoms with E-state index in [1.165, 1.54) is 12.7 Å². The molecule has 0 unspecified atom stereocenters. The Morgan fingerprint density at radius 1 is 1.33 bits per heavy atom. The Bertz CT molecular complexity index is 558. The minimum atomic E-state index is -0.984. The van der Waals surface area contributed by atoms with Crippen LogP contribution < -0.4 is 0 Å². The minimum Gasteiger partial charge on any atom is -0.388 e. The van der Waals surface area contributed by atoms with Crippen LogP contribution in [0.4, 0.5) is 0 Å². The van der Waals surface area contributed by atoms with E-state index >= 15 is 0 Å². The lowest BCUT2D eigenvalue weighted by Crippen LogP contribution is -2.31. The molecule has 1 aliphatic heterocycles. The van der Waals surface area contributed by atoms with Gasteiger partial charge in [0.1, 0.15) is 24.1 Å². The Hall–Kier alpha value is -1.57. The number of nitrogens with zero attached hydrogens (tertiary/aromatic N) is 4. The van der Waals surface area contributed by atoms with Gasteiger partial charge in [0.2, 0.25) is 0 Å². The van der Waals surface area contributed by atoms with E-state index < -0.39 is 18.4 Å². The van der Waals surface area contributed by atoms with Crippen molar-refractivity contribution in [3.05, 3.63) is 18.9 Å². The molecule has 1 saturated heterocycles. The first-order valence-corrected chi connectivity index (χ1v) is 5.86. The van der Waals surface area contributed by atoms with Crippen LogP contribution in [0.1, 0.15) is 19.6 Å². The third-order valence-electron chi connectivity index (χ3n) is 3.25. The van der Waals surface area contributed by atoms with Crippen LogP contribution >= 0.6 is 0 Å². The fourth-order valence-electron chi connectivity index (χ4n) is 2.27. The van der Waals surface area contributed by atoms with Gasteiger partial charge in [-0.25, -0.2) is 15.0 Å². The van der Waals surface area contributed by atoms with E-state index in [9.17, 15) is 10.2 Å². The van der Waals surface area contributed by atoms with Crippen molar-refractivity contribution in [3.8, 4) is 0 Å². The first-order chi connectivity index (χ1) is 8.72. The van der Waals surface area contributed by atoms with Crippen LogP contribution in [0.3, 0.4) is 0 Å². The van der Waals surface area contributed by atoms with Gasteiger partial charge in [0.15, 0.2) is 11.9 Å². The van der Waals surface area contributed by atoms with E-state index in [0.29, 0.717) is 17.6 Å². The highest BCUT2D eigenvalue weighted by atomic mass is 16.6. The third-order valence-corrected chi connectivity index (χ3v) is 3.25. The van der Waals surface area contributed by atoms with E-state index in [2.05, 4.69) is 15.0 Å². The molecular weight excluding hydrogens is 236 g/mol. The normalized spacial score (nSPS) is 32.2. The molecule has 7 heteroatoms. The van der Waals surface area contributed by atoms with Gasteiger partial charge < -0.3 is 14.9 Å². The largest absolute Gasteiger partial charge is 0.388 e. The highest BCUT2D eigenvalue weighted by Crippen LogP contribution is 2.32. The van der Waals surface area contributed by atoms with Crippen molar-refractivity contribution in [2.24, 2.45) is 0 Å². The average Bonchev–Trinajstić information content (AvgIpc) is 2.93. The van der Waals surface area contributed by atoms with Crippen LogP contribution in [0.5, 0.6) is 0 Å². The van der Waals surface area contributed by atoms with Gasteiger partial charge in [0.25, 0.3) is 0 Å². The molecule has 7 nitrogen and oxygen atoms in total. The zero-order valence-corrected chi connectivity index (χ0v) is 9.84. The molecule has 3 rings (SSSR count). The Kier molecular flexibility index (Phi) is 2.73. The number of hydrogen-bond acceptors (Lipinski definition) is 6. The Balaban J connectivity index is 2.00. The first kappa shape index (κ1) is 11.5. The number of imidazole rings is 1. The van der Waals surface area contributed by atoms with Gasteiger partial charge in [-0.2, -0.15) is 0 Å². The summed E-state index contributed by atoms with van der Waals surface area (Å²) in [6.45, 7) is 1.90. The lowest BCUT2D eigenvalue weighted by molar-refractivity contribution is -0.0355. The van der Waals surface area contributed by atoms with E-state index in [4.69, 9.17) is 4.74 Å². The predicted molar refractivity (Wildman–Crippen MR) is 61.5 cm³/mol. The topological polar surface area (TPSA) is 93.3 Å². The number of aromatic nitrogens is 4.